The maximum absolute atomic E-state index is 6.48. The van der Waals surface area contributed by atoms with Crippen LogP contribution in [0.4, 0.5) is 5.69 Å². The van der Waals surface area contributed by atoms with Crippen molar-refractivity contribution in [1.29, 1.82) is 0 Å². The number of anilines is 1. The van der Waals surface area contributed by atoms with E-state index in [1.54, 1.807) is 0 Å². The van der Waals surface area contributed by atoms with Gasteiger partial charge in [-0.25, -0.2) is 0 Å². The Morgan fingerprint density at radius 2 is 2.05 bits per heavy atom. The minimum Gasteiger partial charge on any atom is -0.371 e. The van der Waals surface area contributed by atoms with Gasteiger partial charge < -0.3 is 10.2 Å². The average Bonchev–Trinajstić information content (AvgIpc) is 3.25. The summed E-state index contributed by atoms with van der Waals surface area (Å²) < 4.78 is 0. The van der Waals surface area contributed by atoms with Crippen LogP contribution in [0.2, 0.25) is 5.02 Å². The molecule has 2 aliphatic rings. The summed E-state index contributed by atoms with van der Waals surface area (Å²) in [5, 5.41) is 4.44. The zero-order chi connectivity index (χ0) is 14.9. The van der Waals surface area contributed by atoms with E-state index in [4.69, 9.17) is 11.6 Å². The Morgan fingerprint density at radius 1 is 1.24 bits per heavy atom. The largest absolute Gasteiger partial charge is 0.371 e. The van der Waals surface area contributed by atoms with Crippen molar-refractivity contribution in [1.82, 2.24) is 5.32 Å². The molecule has 0 unspecified atom stereocenters. The molecule has 1 aliphatic carbocycles. The Bertz CT molecular complexity index is 494. The first-order valence-electron chi connectivity index (χ1n) is 8.30. The molecule has 3 heteroatoms. The first kappa shape index (κ1) is 15.2. The summed E-state index contributed by atoms with van der Waals surface area (Å²) in [5.41, 5.74) is 2.99. The Labute approximate surface area is 133 Å². The van der Waals surface area contributed by atoms with E-state index in [0.717, 1.165) is 30.7 Å². The zero-order valence-corrected chi connectivity index (χ0v) is 14.0. The van der Waals surface area contributed by atoms with Crippen molar-refractivity contribution in [2.24, 2.45) is 5.41 Å². The van der Waals surface area contributed by atoms with Crippen LogP contribution in [-0.4, -0.2) is 19.1 Å². The summed E-state index contributed by atoms with van der Waals surface area (Å²) >= 11 is 6.48. The highest BCUT2D eigenvalue weighted by molar-refractivity contribution is 6.31. The lowest BCUT2D eigenvalue weighted by atomic mass is 9.85. The fourth-order valence-corrected chi connectivity index (χ4v) is 3.34. The second kappa shape index (κ2) is 6.18. The topological polar surface area (TPSA) is 15.3 Å². The van der Waals surface area contributed by atoms with Crippen LogP contribution >= 0.6 is 11.6 Å². The van der Waals surface area contributed by atoms with Crippen LogP contribution in [0.1, 0.15) is 51.5 Å². The maximum Gasteiger partial charge on any atom is 0.0471 e. The highest BCUT2D eigenvalue weighted by Crippen LogP contribution is 2.33. The van der Waals surface area contributed by atoms with Crippen molar-refractivity contribution < 1.29 is 0 Å². The third kappa shape index (κ3) is 4.14. The zero-order valence-electron chi connectivity index (χ0n) is 13.3. The van der Waals surface area contributed by atoms with Crippen LogP contribution in [0.5, 0.6) is 0 Å². The van der Waals surface area contributed by atoms with Gasteiger partial charge in [-0.3, -0.25) is 0 Å². The van der Waals surface area contributed by atoms with Crippen molar-refractivity contribution in [2.45, 2.75) is 58.5 Å². The van der Waals surface area contributed by atoms with Gasteiger partial charge in [-0.2, -0.15) is 0 Å². The number of nitrogens with one attached hydrogen (secondary N) is 1. The van der Waals surface area contributed by atoms with Gasteiger partial charge in [-0.15, -0.1) is 0 Å². The molecule has 1 aromatic rings. The molecule has 0 atom stereocenters. The van der Waals surface area contributed by atoms with Gasteiger partial charge in [0, 0.05) is 36.4 Å². The molecule has 1 saturated heterocycles. The Morgan fingerprint density at radius 3 is 2.76 bits per heavy atom. The van der Waals surface area contributed by atoms with Crippen molar-refractivity contribution >= 4 is 17.3 Å². The summed E-state index contributed by atoms with van der Waals surface area (Å²) in [6, 6.07) is 7.33. The van der Waals surface area contributed by atoms with E-state index in [2.05, 4.69) is 42.3 Å². The summed E-state index contributed by atoms with van der Waals surface area (Å²) in [7, 11) is 0. The van der Waals surface area contributed by atoms with Crippen molar-refractivity contribution in [3.05, 3.63) is 28.8 Å². The molecule has 1 aliphatic heterocycles. The summed E-state index contributed by atoms with van der Waals surface area (Å²) in [6.45, 7) is 7.96. The highest BCUT2D eigenvalue weighted by Gasteiger charge is 2.24. The minimum atomic E-state index is 0.479. The molecule has 0 aromatic heterocycles. The fourth-order valence-electron chi connectivity index (χ4n) is 3.10. The summed E-state index contributed by atoms with van der Waals surface area (Å²) in [6.07, 6.45) is 6.49. The first-order valence-corrected chi connectivity index (χ1v) is 8.68. The van der Waals surface area contributed by atoms with Gasteiger partial charge in [0.2, 0.25) is 0 Å². The fraction of sp³-hybridized carbons (Fsp3) is 0.667. The van der Waals surface area contributed by atoms with E-state index < -0.39 is 0 Å². The quantitative estimate of drug-likeness (QED) is 0.874. The van der Waals surface area contributed by atoms with E-state index in [0.29, 0.717) is 5.41 Å². The van der Waals surface area contributed by atoms with Crippen molar-refractivity contribution in [2.75, 3.05) is 18.0 Å². The van der Waals surface area contributed by atoms with Crippen LogP contribution in [0, 0.1) is 5.41 Å². The maximum atomic E-state index is 6.48. The number of hydrogen-bond acceptors (Lipinski definition) is 2. The number of hydrogen-bond donors (Lipinski definition) is 1. The third-order valence-corrected chi connectivity index (χ3v) is 5.25. The Hall–Kier alpha value is -0.730. The molecule has 1 heterocycles. The molecule has 116 valence electrons. The van der Waals surface area contributed by atoms with E-state index in [-0.39, 0.29) is 0 Å². The second-order valence-corrected chi connectivity index (χ2v) is 7.84. The molecule has 0 bridgehead atoms. The molecular weight excluding hydrogens is 280 g/mol. The molecule has 1 N–H and O–H groups in total. The molecule has 2 nitrogen and oxygen atoms in total. The average molecular weight is 307 g/mol. The SMILES string of the molecule is CC1(C)CCCN(c2ccc(CNC3CC3)c(Cl)c2)CC1. The van der Waals surface area contributed by atoms with Gasteiger partial charge in [0.1, 0.15) is 0 Å². The van der Waals surface area contributed by atoms with Crippen LogP contribution in [-0.2, 0) is 6.54 Å². The van der Waals surface area contributed by atoms with E-state index in [1.807, 2.05) is 0 Å². The number of halogens is 1. The normalized spacial score (nSPS) is 22.1. The monoisotopic (exact) mass is 306 g/mol. The van der Waals surface area contributed by atoms with E-state index in [1.165, 1.54) is 43.4 Å². The number of rotatable bonds is 4. The van der Waals surface area contributed by atoms with E-state index in [9.17, 15) is 0 Å². The van der Waals surface area contributed by atoms with Gasteiger partial charge in [0.25, 0.3) is 0 Å². The van der Waals surface area contributed by atoms with Gasteiger partial charge >= 0.3 is 0 Å². The Kier molecular flexibility index (Phi) is 4.46. The lowest BCUT2D eigenvalue weighted by Gasteiger charge is -2.25. The molecule has 0 spiro atoms. The van der Waals surface area contributed by atoms with Crippen LogP contribution in [0.15, 0.2) is 18.2 Å². The number of benzene rings is 1. The molecule has 1 aromatic carbocycles. The molecule has 0 radical (unpaired) electrons. The first-order chi connectivity index (χ1) is 10.0. The molecular formula is C18H27ClN2. The van der Waals surface area contributed by atoms with Crippen molar-refractivity contribution in [3.63, 3.8) is 0 Å². The summed E-state index contributed by atoms with van der Waals surface area (Å²) in [4.78, 5) is 2.50. The Balaban J connectivity index is 1.65. The predicted molar refractivity (Wildman–Crippen MR) is 91.2 cm³/mol. The van der Waals surface area contributed by atoms with Gasteiger partial charge in [-0.1, -0.05) is 31.5 Å². The van der Waals surface area contributed by atoms with Crippen molar-refractivity contribution in [3.8, 4) is 0 Å². The van der Waals surface area contributed by atoms with Crippen LogP contribution < -0.4 is 10.2 Å². The van der Waals surface area contributed by atoms with Crippen LogP contribution in [0.25, 0.3) is 0 Å². The predicted octanol–water partition coefficient (Wildman–Crippen LogP) is 4.61. The minimum absolute atomic E-state index is 0.479. The third-order valence-electron chi connectivity index (χ3n) is 4.90. The standard InChI is InChI=1S/C18H27ClN2/c1-18(2)8-3-10-21(11-9-18)16-7-4-14(17(19)12-16)13-20-15-5-6-15/h4,7,12,15,20H,3,5-6,8-11,13H2,1-2H3. The molecule has 21 heavy (non-hydrogen) atoms. The van der Waals surface area contributed by atoms with Gasteiger partial charge in [0.15, 0.2) is 0 Å². The van der Waals surface area contributed by atoms with Crippen LogP contribution in [0.3, 0.4) is 0 Å². The van der Waals surface area contributed by atoms with Gasteiger partial charge in [-0.05, 0) is 55.2 Å². The summed E-state index contributed by atoms with van der Waals surface area (Å²) in [5.74, 6) is 0. The number of nitrogens with zero attached hydrogens (tertiary/aromatic N) is 1. The van der Waals surface area contributed by atoms with E-state index >= 15 is 0 Å². The lowest BCUT2D eigenvalue weighted by Crippen LogP contribution is -2.25. The molecule has 0 amide bonds. The molecule has 1 saturated carbocycles. The van der Waals surface area contributed by atoms with Gasteiger partial charge in [0.05, 0.1) is 0 Å². The lowest BCUT2D eigenvalue weighted by molar-refractivity contribution is 0.325. The smallest absolute Gasteiger partial charge is 0.0471 e. The molecule has 3 rings (SSSR count). The second-order valence-electron chi connectivity index (χ2n) is 7.44. The highest BCUT2D eigenvalue weighted by atomic mass is 35.5. The molecule has 2 fully saturated rings.